The molecule has 0 spiro atoms. The number of ether oxygens (including phenoxy) is 1. The molecule has 0 saturated carbocycles. The maximum Gasteiger partial charge on any atom is 0.307 e. The van der Waals surface area contributed by atoms with Gasteiger partial charge in [0.2, 0.25) is 0 Å². The van der Waals surface area contributed by atoms with Crippen LogP contribution in [0.15, 0.2) is 176 Å². The summed E-state index contributed by atoms with van der Waals surface area (Å²) in [6.07, 6.45) is 0.984. The van der Waals surface area contributed by atoms with Crippen LogP contribution in [0.2, 0.25) is 5.02 Å². The van der Waals surface area contributed by atoms with Crippen LogP contribution in [0.4, 0.5) is 0 Å². The van der Waals surface area contributed by atoms with Gasteiger partial charge in [0.1, 0.15) is 5.75 Å². The van der Waals surface area contributed by atoms with Crippen LogP contribution < -0.4 is 4.74 Å². The van der Waals surface area contributed by atoms with E-state index >= 15 is 0 Å². The first-order valence-corrected chi connectivity index (χ1v) is 22.4. The molecule has 0 radical (unpaired) electrons. The summed E-state index contributed by atoms with van der Waals surface area (Å²) in [5, 5.41) is 30.8. The molecule has 11 heteroatoms. The van der Waals surface area contributed by atoms with Gasteiger partial charge in [-0.3, -0.25) is 28.8 Å². The molecular formula is C57H53ClO10. The summed E-state index contributed by atoms with van der Waals surface area (Å²) in [7, 11) is 1.55. The number of carbonyl (C=O) groups excluding carboxylic acids is 3. The molecule has 0 aliphatic heterocycles. The molecule has 0 fully saturated rings. The molecule has 3 unspecified atom stereocenters. The fraction of sp³-hybridized carbons (Fsp3) is 0.193. The number of fused-ring (bicyclic) bond motifs is 1. The zero-order valence-corrected chi connectivity index (χ0v) is 38.6. The van der Waals surface area contributed by atoms with E-state index in [0.29, 0.717) is 40.3 Å². The third-order valence-corrected chi connectivity index (χ3v) is 11.5. The first-order chi connectivity index (χ1) is 32.7. The second-order valence-corrected chi connectivity index (χ2v) is 16.8. The molecule has 7 rings (SSSR count). The van der Waals surface area contributed by atoms with Gasteiger partial charge in [-0.1, -0.05) is 151 Å². The number of Topliss-reactive ketones (excluding diaryl/α,β-unsaturated/α-hetero) is 3. The molecule has 3 N–H and O–H groups in total. The van der Waals surface area contributed by atoms with Crippen molar-refractivity contribution in [3.63, 3.8) is 0 Å². The van der Waals surface area contributed by atoms with Gasteiger partial charge >= 0.3 is 17.9 Å². The van der Waals surface area contributed by atoms with Crippen molar-refractivity contribution in [1.29, 1.82) is 0 Å². The summed E-state index contributed by atoms with van der Waals surface area (Å²) in [5.74, 6) is -4.85. The fourth-order valence-corrected chi connectivity index (χ4v) is 7.47. The Balaban J connectivity index is 0.000000191. The Morgan fingerprint density at radius 1 is 0.441 bits per heavy atom. The van der Waals surface area contributed by atoms with E-state index in [4.69, 9.17) is 16.3 Å². The molecule has 348 valence electrons. The van der Waals surface area contributed by atoms with Crippen molar-refractivity contribution in [3.8, 4) is 5.75 Å². The number of halogens is 1. The van der Waals surface area contributed by atoms with Crippen molar-refractivity contribution in [2.24, 2.45) is 17.8 Å². The molecule has 0 heterocycles. The van der Waals surface area contributed by atoms with Crippen molar-refractivity contribution in [2.75, 3.05) is 7.11 Å². The van der Waals surface area contributed by atoms with Gasteiger partial charge in [-0.05, 0) is 96.1 Å². The lowest BCUT2D eigenvalue weighted by Gasteiger charge is -2.12. The average Bonchev–Trinajstić information content (AvgIpc) is 3.35. The zero-order chi connectivity index (χ0) is 49.0. The molecule has 0 bridgehead atoms. The number of carbonyl (C=O) groups is 6. The lowest BCUT2D eigenvalue weighted by atomic mass is 9.91. The Morgan fingerprint density at radius 3 is 1.24 bits per heavy atom. The molecule has 10 nitrogen and oxygen atoms in total. The zero-order valence-electron chi connectivity index (χ0n) is 37.8. The van der Waals surface area contributed by atoms with E-state index in [0.717, 1.165) is 33.0 Å². The lowest BCUT2D eigenvalue weighted by Crippen LogP contribution is -2.20. The Hall–Kier alpha value is -7.69. The van der Waals surface area contributed by atoms with Crippen molar-refractivity contribution in [1.82, 2.24) is 0 Å². The number of carboxylic acids is 3. The minimum atomic E-state index is -0.984. The van der Waals surface area contributed by atoms with Crippen LogP contribution in [0, 0.1) is 24.7 Å². The number of carboxylic acid groups (broad SMARTS) is 3. The van der Waals surface area contributed by atoms with Gasteiger partial charge in [0.05, 0.1) is 24.9 Å². The number of ketones is 3. The number of rotatable bonds is 19. The fourth-order valence-electron chi connectivity index (χ4n) is 7.35. The van der Waals surface area contributed by atoms with E-state index in [9.17, 15) is 44.1 Å². The van der Waals surface area contributed by atoms with Crippen LogP contribution in [-0.2, 0) is 33.6 Å². The van der Waals surface area contributed by atoms with Gasteiger partial charge in [0.15, 0.2) is 17.3 Å². The number of methoxy groups -OCH3 is 1. The van der Waals surface area contributed by atoms with E-state index < -0.39 is 35.7 Å². The van der Waals surface area contributed by atoms with E-state index in [1.54, 1.807) is 73.8 Å². The Bertz CT molecular complexity index is 2770. The summed E-state index contributed by atoms with van der Waals surface area (Å²) in [6.45, 7) is 1.95. The van der Waals surface area contributed by atoms with Crippen LogP contribution in [0.1, 0.15) is 72.6 Å². The first kappa shape index (κ1) is 51.3. The molecule has 3 atom stereocenters. The Labute approximate surface area is 400 Å². The Morgan fingerprint density at radius 2 is 0.809 bits per heavy atom. The van der Waals surface area contributed by atoms with Gasteiger partial charge in [-0.25, -0.2) is 0 Å². The van der Waals surface area contributed by atoms with Gasteiger partial charge in [-0.15, -0.1) is 0 Å². The van der Waals surface area contributed by atoms with Gasteiger partial charge in [0.25, 0.3) is 0 Å². The lowest BCUT2D eigenvalue weighted by molar-refractivity contribution is -0.142. The Kier molecular flexibility index (Phi) is 19.5. The molecule has 0 saturated heterocycles. The van der Waals surface area contributed by atoms with Gasteiger partial charge < -0.3 is 20.1 Å². The minimum absolute atomic E-state index is 0.00255. The molecule has 7 aromatic carbocycles. The van der Waals surface area contributed by atoms with Crippen molar-refractivity contribution in [3.05, 3.63) is 220 Å². The number of hydrogen-bond acceptors (Lipinski definition) is 7. The molecule has 68 heavy (non-hydrogen) atoms. The molecule has 7 aromatic rings. The van der Waals surface area contributed by atoms with Crippen molar-refractivity contribution >= 4 is 57.6 Å². The number of hydrogen-bond donors (Lipinski definition) is 3. The first-order valence-electron chi connectivity index (χ1n) is 22.0. The van der Waals surface area contributed by atoms with Gasteiger partial charge in [0, 0.05) is 41.0 Å². The highest BCUT2D eigenvalue weighted by Crippen LogP contribution is 2.23. The summed E-state index contributed by atoms with van der Waals surface area (Å²) in [6, 6.07) is 52.9. The van der Waals surface area contributed by atoms with Gasteiger partial charge in [-0.2, -0.15) is 0 Å². The largest absolute Gasteiger partial charge is 0.497 e. The van der Waals surface area contributed by atoms with Crippen molar-refractivity contribution < 1.29 is 48.8 Å². The van der Waals surface area contributed by atoms with Crippen molar-refractivity contribution in [2.45, 2.75) is 45.4 Å². The number of benzene rings is 7. The third-order valence-electron chi connectivity index (χ3n) is 11.2. The predicted octanol–water partition coefficient (Wildman–Crippen LogP) is 11.7. The van der Waals surface area contributed by atoms with E-state index in [2.05, 4.69) is 0 Å². The summed E-state index contributed by atoms with van der Waals surface area (Å²) in [5.41, 5.74) is 5.38. The highest BCUT2D eigenvalue weighted by atomic mass is 35.5. The number of aryl methyl sites for hydroxylation is 1. The van der Waals surface area contributed by atoms with Crippen LogP contribution in [0.5, 0.6) is 5.75 Å². The molecule has 0 aromatic heterocycles. The smallest absolute Gasteiger partial charge is 0.307 e. The maximum absolute atomic E-state index is 12.5. The topological polar surface area (TPSA) is 172 Å². The summed E-state index contributed by atoms with van der Waals surface area (Å²) in [4.78, 5) is 71.3. The second-order valence-electron chi connectivity index (χ2n) is 16.4. The van der Waals surface area contributed by atoms with Crippen LogP contribution in [0.3, 0.4) is 0 Å². The third kappa shape index (κ3) is 16.3. The van der Waals surface area contributed by atoms with Crippen LogP contribution in [0.25, 0.3) is 10.8 Å². The molecular weight excluding hydrogens is 880 g/mol. The highest BCUT2D eigenvalue weighted by molar-refractivity contribution is 6.30. The maximum atomic E-state index is 12.5. The molecule has 0 amide bonds. The van der Waals surface area contributed by atoms with E-state index in [-0.39, 0.29) is 43.0 Å². The summed E-state index contributed by atoms with van der Waals surface area (Å²) >= 11 is 5.82. The predicted molar refractivity (Wildman–Crippen MR) is 264 cm³/mol. The minimum Gasteiger partial charge on any atom is -0.497 e. The quantitative estimate of drug-likeness (QED) is 0.0663. The SMILES string of the molecule is COc1ccc(C(=O)CC(Cc2ccc(Cl)cc2)C(=O)O)cc1.Cc1ccc(C(=O)CC(Cc2ccccc2)C(=O)O)cc1.O=C(CC(Cc1ccccc1)C(=O)O)c1ccc2ccccc2c1. The van der Waals surface area contributed by atoms with E-state index in [1.807, 2.05) is 116 Å². The van der Waals surface area contributed by atoms with Crippen LogP contribution in [-0.4, -0.2) is 57.7 Å². The normalized spacial score (nSPS) is 11.9. The standard InChI is InChI=1S/C21H18O3.C18H17ClO4.C18H18O3/c22-20(18-11-10-16-8-4-5-9-17(16)13-18)14-19(21(23)24)12-15-6-2-1-3-7-15;1-23-16-8-4-13(5-9-16)17(20)11-14(18(21)22)10-12-2-6-15(19)7-3-12;1-13-7-9-15(10-8-13)17(19)12-16(18(20)21)11-14-5-3-2-4-6-14/h1-11,13,19H,12,14H2,(H,23,24);2-9,14H,10-11H2,1H3,(H,21,22);2-10,16H,11-12H2,1H3,(H,20,21). The second kappa shape index (κ2) is 25.9. The van der Waals surface area contributed by atoms with E-state index in [1.165, 1.54) is 0 Å². The average molecular weight is 933 g/mol. The molecule has 0 aliphatic rings. The molecule has 0 aliphatic carbocycles. The van der Waals surface area contributed by atoms with Crippen LogP contribution >= 0.6 is 11.6 Å². The summed E-state index contributed by atoms with van der Waals surface area (Å²) < 4.78 is 5.04. The number of aliphatic carboxylic acids is 3. The monoisotopic (exact) mass is 932 g/mol. The highest BCUT2D eigenvalue weighted by Gasteiger charge is 2.25.